The minimum absolute atomic E-state index is 0.189. The molecule has 0 atom stereocenters. The summed E-state index contributed by atoms with van der Waals surface area (Å²) in [5.41, 5.74) is 4.17. The highest BCUT2D eigenvalue weighted by Crippen LogP contribution is 2.34. The van der Waals surface area contributed by atoms with Gasteiger partial charge in [-0.15, -0.1) is 0 Å². The maximum atomic E-state index is 12.1. The van der Waals surface area contributed by atoms with E-state index in [1.165, 1.54) is 14.0 Å². The maximum absolute atomic E-state index is 12.1. The van der Waals surface area contributed by atoms with E-state index in [9.17, 15) is 14.4 Å². The first-order valence-electron chi connectivity index (χ1n) is 11.0. The molecule has 0 aliphatic rings. The molecule has 0 saturated heterocycles. The van der Waals surface area contributed by atoms with Gasteiger partial charge in [0.25, 0.3) is 0 Å². The summed E-state index contributed by atoms with van der Waals surface area (Å²) in [6, 6.07) is 20.2. The summed E-state index contributed by atoms with van der Waals surface area (Å²) in [6.45, 7) is 9.58. The zero-order chi connectivity index (χ0) is 26.2. The van der Waals surface area contributed by atoms with Gasteiger partial charge in [-0.2, -0.15) is 0 Å². The van der Waals surface area contributed by atoms with Gasteiger partial charge < -0.3 is 18.9 Å². The van der Waals surface area contributed by atoms with Crippen molar-refractivity contribution in [2.45, 2.75) is 13.8 Å². The molecule has 3 aromatic carbocycles. The van der Waals surface area contributed by atoms with E-state index in [0.717, 1.165) is 22.3 Å². The van der Waals surface area contributed by atoms with E-state index in [1.54, 1.807) is 37.3 Å². The molecule has 0 aliphatic carbocycles. The van der Waals surface area contributed by atoms with Crippen molar-refractivity contribution in [3.05, 3.63) is 91.0 Å². The average molecular weight is 487 g/mol. The lowest BCUT2D eigenvalue weighted by molar-refractivity contribution is -0.150. The Hall–Kier alpha value is -4.65. The summed E-state index contributed by atoms with van der Waals surface area (Å²) in [7, 11) is 1.47. The van der Waals surface area contributed by atoms with E-state index in [2.05, 4.69) is 13.2 Å². The molecule has 0 aromatic heterocycles. The zero-order valence-corrected chi connectivity index (χ0v) is 20.3. The largest absolute Gasteiger partial charge is 0.493 e. The minimum Gasteiger partial charge on any atom is -0.493 e. The van der Waals surface area contributed by atoms with Crippen LogP contribution in [0.2, 0.25) is 0 Å². The highest BCUT2D eigenvalue weighted by molar-refractivity contribution is 5.89. The Balaban J connectivity index is 1.76. The molecule has 0 unspecified atom stereocenters. The van der Waals surface area contributed by atoms with Gasteiger partial charge in [-0.25, -0.2) is 14.4 Å². The summed E-state index contributed by atoms with van der Waals surface area (Å²) in [5, 5.41) is 0. The van der Waals surface area contributed by atoms with Crippen LogP contribution in [0.3, 0.4) is 0 Å². The smallest absolute Gasteiger partial charge is 0.349 e. The standard InChI is InChI=1S/C29H26O7/c1-18(2)28(31)34-17-27(30)36-25-14-11-23(16-26(25)33-5)22-8-6-7-21(15-22)20-9-12-24(13-10-20)35-29(32)19(3)4/h6-16H,1,3,17H2,2,4-5H3. The van der Waals surface area contributed by atoms with E-state index >= 15 is 0 Å². The molecule has 7 nitrogen and oxygen atoms in total. The first-order chi connectivity index (χ1) is 17.2. The van der Waals surface area contributed by atoms with Crippen molar-refractivity contribution in [1.29, 1.82) is 0 Å². The SMILES string of the molecule is C=C(C)C(=O)OCC(=O)Oc1ccc(-c2cccc(-c3ccc(OC(=O)C(=C)C)cc3)c2)cc1OC. The number of rotatable bonds is 9. The van der Waals surface area contributed by atoms with Gasteiger partial charge in [0.05, 0.1) is 7.11 Å². The molecule has 184 valence electrons. The number of benzene rings is 3. The summed E-state index contributed by atoms with van der Waals surface area (Å²) < 4.78 is 20.8. The number of esters is 3. The highest BCUT2D eigenvalue weighted by atomic mass is 16.6. The predicted octanol–water partition coefficient (Wildman–Crippen LogP) is 5.54. The van der Waals surface area contributed by atoms with Crippen LogP contribution in [0.1, 0.15) is 13.8 Å². The monoisotopic (exact) mass is 486 g/mol. The molecular weight excluding hydrogens is 460 g/mol. The van der Waals surface area contributed by atoms with E-state index in [0.29, 0.717) is 17.1 Å². The molecule has 36 heavy (non-hydrogen) atoms. The summed E-state index contributed by atoms with van der Waals surface area (Å²) in [5.74, 6) is -0.894. The molecule has 3 rings (SSSR count). The van der Waals surface area contributed by atoms with Crippen LogP contribution in [-0.2, 0) is 19.1 Å². The number of ether oxygens (including phenoxy) is 4. The number of hydrogen-bond donors (Lipinski definition) is 0. The van der Waals surface area contributed by atoms with Crippen molar-refractivity contribution in [1.82, 2.24) is 0 Å². The summed E-state index contributed by atoms with van der Waals surface area (Å²) in [4.78, 5) is 35.2. The molecule has 0 heterocycles. The molecule has 0 N–H and O–H groups in total. The first-order valence-corrected chi connectivity index (χ1v) is 11.0. The molecule has 0 bridgehead atoms. The third kappa shape index (κ3) is 6.70. The molecule has 0 spiro atoms. The lowest BCUT2D eigenvalue weighted by atomic mass is 9.99. The fourth-order valence-corrected chi connectivity index (χ4v) is 3.12. The van der Waals surface area contributed by atoms with Gasteiger partial charge >= 0.3 is 17.9 Å². The quantitative estimate of drug-likeness (QED) is 0.223. The first kappa shape index (κ1) is 26.0. The van der Waals surface area contributed by atoms with Crippen LogP contribution in [0.5, 0.6) is 17.2 Å². The number of carbonyl (C=O) groups excluding carboxylic acids is 3. The van der Waals surface area contributed by atoms with Crippen molar-refractivity contribution >= 4 is 17.9 Å². The lowest BCUT2D eigenvalue weighted by Crippen LogP contribution is -2.19. The molecule has 7 heteroatoms. The maximum Gasteiger partial charge on any atom is 0.349 e. The Morgan fingerprint density at radius 2 is 1.28 bits per heavy atom. The molecular formula is C29H26O7. The fourth-order valence-electron chi connectivity index (χ4n) is 3.12. The number of methoxy groups -OCH3 is 1. The topological polar surface area (TPSA) is 88.1 Å². The van der Waals surface area contributed by atoms with Crippen molar-refractivity contribution < 1.29 is 33.3 Å². The highest BCUT2D eigenvalue weighted by Gasteiger charge is 2.14. The molecule has 0 aliphatic heterocycles. The molecule has 0 fully saturated rings. The van der Waals surface area contributed by atoms with Gasteiger partial charge in [-0.3, -0.25) is 0 Å². The van der Waals surface area contributed by atoms with Gasteiger partial charge in [0.15, 0.2) is 18.1 Å². The second-order valence-electron chi connectivity index (χ2n) is 7.97. The third-order valence-electron chi connectivity index (χ3n) is 5.00. The Bertz CT molecular complexity index is 1320. The molecule has 0 radical (unpaired) electrons. The Kier molecular flexibility index (Phi) is 8.41. The van der Waals surface area contributed by atoms with Crippen LogP contribution in [0.25, 0.3) is 22.3 Å². The van der Waals surface area contributed by atoms with Crippen LogP contribution < -0.4 is 14.2 Å². The fraction of sp³-hybridized carbons (Fsp3) is 0.138. The van der Waals surface area contributed by atoms with E-state index in [4.69, 9.17) is 18.9 Å². The molecule has 0 amide bonds. The van der Waals surface area contributed by atoms with E-state index < -0.39 is 24.5 Å². The second-order valence-corrected chi connectivity index (χ2v) is 7.97. The minimum atomic E-state index is -0.741. The third-order valence-corrected chi connectivity index (χ3v) is 5.00. The van der Waals surface area contributed by atoms with Crippen molar-refractivity contribution in [3.63, 3.8) is 0 Å². The van der Waals surface area contributed by atoms with Crippen LogP contribution in [0, 0.1) is 0 Å². The van der Waals surface area contributed by atoms with Gasteiger partial charge in [-0.1, -0.05) is 49.6 Å². The molecule has 3 aromatic rings. The number of carbonyl (C=O) groups is 3. The average Bonchev–Trinajstić information content (AvgIpc) is 2.87. The summed E-state index contributed by atoms with van der Waals surface area (Å²) >= 11 is 0. The van der Waals surface area contributed by atoms with Crippen LogP contribution in [0.4, 0.5) is 0 Å². The van der Waals surface area contributed by atoms with Crippen LogP contribution >= 0.6 is 0 Å². The van der Waals surface area contributed by atoms with Gasteiger partial charge in [-0.05, 0) is 66.4 Å². The zero-order valence-electron chi connectivity index (χ0n) is 20.3. The Labute approximate surface area is 209 Å². The predicted molar refractivity (Wildman–Crippen MR) is 136 cm³/mol. The lowest BCUT2D eigenvalue weighted by Gasteiger charge is -2.12. The number of hydrogen-bond acceptors (Lipinski definition) is 7. The van der Waals surface area contributed by atoms with Crippen molar-refractivity contribution in [2.75, 3.05) is 13.7 Å². The van der Waals surface area contributed by atoms with Gasteiger partial charge in [0.1, 0.15) is 5.75 Å². The van der Waals surface area contributed by atoms with E-state index in [-0.39, 0.29) is 11.3 Å². The van der Waals surface area contributed by atoms with Gasteiger partial charge in [0, 0.05) is 11.1 Å². The van der Waals surface area contributed by atoms with Crippen LogP contribution in [-0.4, -0.2) is 31.6 Å². The summed E-state index contributed by atoms with van der Waals surface area (Å²) in [6.07, 6.45) is 0. The van der Waals surface area contributed by atoms with E-state index in [1.807, 2.05) is 36.4 Å². The Morgan fingerprint density at radius 3 is 1.89 bits per heavy atom. The van der Waals surface area contributed by atoms with Crippen LogP contribution in [0.15, 0.2) is 91.0 Å². The van der Waals surface area contributed by atoms with Crippen molar-refractivity contribution in [2.24, 2.45) is 0 Å². The van der Waals surface area contributed by atoms with Gasteiger partial charge in [0.2, 0.25) is 0 Å². The Morgan fingerprint density at radius 1 is 0.694 bits per heavy atom. The second kappa shape index (κ2) is 11.7. The molecule has 0 saturated carbocycles. The van der Waals surface area contributed by atoms with Crippen molar-refractivity contribution in [3.8, 4) is 39.5 Å². The normalized spacial score (nSPS) is 10.2.